The highest BCUT2D eigenvalue weighted by Gasteiger charge is 2.29. The van der Waals surface area contributed by atoms with Crippen LogP contribution in [0.15, 0.2) is 78.9 Å². The van der Waals surface area contributed by atoms with Crippen molar-refractivity contribution in [2.75, 3.05) is 13.1 Å². The summed E-state index contributed by atoms with van der Waals surface area (Å²) in [6, 6.07) is 26.0. The van der Waals surface area contributed by atoms with E-state index in [1.807, 2.05) is 54.6 Å². The van der Waals surface area contributed by atoms with Crippen molar-refractivity contribution in [3.8, 4) is 5.75 Å². The highest BCUT2D eigenvalue weighted by atomic mass is 16.5. The molecule has 3 aromatic carbocycles. The molecule has 0 aromatic heterocycles. The number of benzene rings is 3. The Morgan fingerprint density at radius 3 is 2.38 bits per heavy atom. The van der Waals surface area contributed by atoms with Gasteiger partial charge in [-0.1, -0.05) is 72.3 Å². The Bertz CT molecular complexity index is 948. The van der Waals surface area contributed by atoms with E-state index in [2.05, 4.69) is 41.4 Å². The van der Waals surface area contributed by atoms with Gasteiger partial charge in [-0.15, -0.1) is 0 Å². The molecule has 1 N–H and O–H groups in total. The van der Waals surface area contributed by atoms with Crippen LogP contribution in [0.2, 0.25) is 0 Å². The molecule has 4 rings (SSSR count). The number of rotatable bonds is 7. The molecule has 1 heterocycles. The second-order valence-electron chi connectivity index (χ2n) is 7.58. The first kappa shape index (κ1) is 19.2. The first-order valence-corrected chi connectivity index (χ1v) is 10.0. The minimum absolute atomic E-state index is 0.111. The van der Waals surface area contributed by atoms with Gasteiger partial charge in [-0.25, -0.2) is 0 Å². The van der Waals surface area contributed by atoms with Crippen LogP contribution >= 0.6 is 0 Å². The molecule has 0 spiro atoms. The maximum Gasteiger partial charge on any atom is 0.255 e. The maximum atomic E-state index is 12.7. The maximum absolute atomic E-state index is 12.7. The Labute approximate surface area is 172 Å². The van der Waals surface area contributed by atoms with E-state index in [4.69, 9.17) is 4.74 Å². The third-order valence-electron chi connectivity index (χ3n) is 5.17. The lowest BCUT2D eigenvalue weighted by Gasteiger charge is -2.39. The van der Waals surface area contributed by atoms with Crippen LogP contribution in [-0.4, -0.2) is 30.0 Å². The average molecular weight is 386 g/mol. The second kappa shape index (κ2) is 8.93. The molecule has 1 saturated heterocycles. The molecule has 1 aliphatic heterocycles. The molecule has 0 atom stereocenters. The van der Waals surface area contributed by atoms with Crippen LogP contribution < -0.4 is 10.1 Å². The van der Waals surface area contributed by atoms with Gasteiger partial charge < -0.3 is 10.1 Å². The lowest BCUT2D eigenvalue weighted by Crippen LogP contribution is -2.53. The number of carbonyl (C=O) groups excluding carboxylic acids is 1. The number of nitrogens with zero attached hydrogens (tertiary/aromatic N) is 1. The fourth-order valence-corrected chi connectivity index (χ4v) is 3.49. The number of amides is 1. The summed E-state index contributed by atoms with van der Waals surface area (Å²) in [6.45, 7) is 5.27. The topological polar surface area (TPSA) is 41.6 Å². The van der Waals surface area contributed by atoms with Gasteiger partial charge in [0.05, 0.1) is 5.56 Å². The van der Waals surface area contributed by atoms with Gasteiger partial charge in [0.2, 0.25) is 0 Å². The van der Waals surface area contributed by atoms with Crippen molar-refractivity contribution in [2.45, 2.75) is 26.1 Å². The average Bonchev–Trinajstić information content (AvgIpc) is 2.73. The van der Waals surface area contributed by atoms with E-state index in [-0.39, 0.29) is 12.0 Å². The molecule has 148 valence electrons. The predicted molar refractivity (Wildman–Crippen MR) is 115 cm³/mol. The van der Waals surface area contributed by atoms with Crippen LogP contribution in [0.5, 0.6) is 5.75 Å². The van der Waals surface area contributed by atoms with Gasteiger partial charge in [0, 0.05) is 26.2 Å². The lowest BCUT2D eigenvalue weighted by atomic mass is 10.1. The van der Waals surface area contributed by atoms with E-state index in [0.29, 0.717) is 17.9 Å². The summed E-state index contributed by atoms with van der Waals surface area (Å²) >= 11 is 0. The summed E-state index contributed by atoms with van der Waals surface area (Å²) in [5, 5.41) is 2.98. The number of para-hydroxylation sites is 1. The Hall–Kier alpha value is -3.11. The fourth-order valence-electron chi connectivity index (χ4n) is 3.49. The monoisotopic (exact) mass is 386 g/mol. The summed E-state index contributed by atoms with van der Waals surface area (Å²) in [5.41, 5.74) is 4.25. The Morgan fingerprint density at radius 1 is 0.931 bits per heavy atom. The minimum Gasteiger partial charge on any atom is -0.487 e. The van der Waals surface area contributed by atoms with Gasteiger partial charge in [-0.05, 0) is 30.2 Å². The van der Waals surface area contributed by atoms with Gasteiger partial charge in [0.15, 0.2) is 0 Å². The summed E-state index contributed by atoms with van der Waals surface area (Å²) in [4.78, 5) is 15.0. The molecule has 29 heavy (non-hydrogen) atoms. The molecule has 3 aromatic rings. The predicted octanol–water partition coefficient (Wildman–Crippen LogP) is 4.19. The molecule has 0 unspecified atom stereocenters. The van der Waals surface area contributed by atoms with Crippen molar-refractivity contribution < 1.29 is 9.53 Å². The van der Waals surface area contributed by atoms with E-state index < -0.39 is 0 Å². The number of likely N-dealkylation sites (tertiary alicyclic amines) is 1. The Balaban J connectivity index is 1.31. The smallest absolute Gasteiger partial charge is 0.255 e. The third kappa shape index (κ3) is 5.04. The third-order valence-corrected chi connectivity index (χ3v) is 5.17. The second-order valence-corrected chi connectivity index (χ2v) is 7.58. The molecule has 0 bridgehead atoms. The number of hydrogen-bond donors (Lipinski definition) is 1. The van der Waals surface area contributed by atoms with Gasteiger partial charge in [-0.2, -0.15) is 0 Å². The van der Waals surface area contributed by atoms with E-state index in [9.17, 15) is 4.79 Å². The lowest BCUT2D eigenvalue weighted by molar-refractivity contribution is 0.0140. The molecule has 0 saturated carbocycles. The highest BCUT2D eigenvalue weighted by molar-refractivity contribution is 5.96. The number of aryl methyl sites for hydroxylation is 1. The van der Waals surface area contributed by atoms with Crippen molar-refractivity contribution in [3.05, 3.63) is 101 Å². The first-order chi connectivity index (χ1) is 14.2. The standard InChI is InChI=1S/C25H26N2O2/c1-19-11-13-21(14-12-19)16-27-17-22(18-27)29-24-10-6-5-9-23(24)25(28)26-15-20-7-3-2-4-8-20/h2-14,22H,15-18H2,1H3,(H,26,28). The number of ether oxygens (including phenoxy) is 1. The van der Waals surface area contributed by atoms with Gasteiger partial charge >= 0.3 is 0 Å². The van der Waals surface area contributed by atoms with Crippen LogP contribution in [0.25, 0.3) is 0 Å². The normalized spacial score (nSPS) is 14.2. The molecule has 1 fully saturated rings. The number of nitrogens with one attached hydrogen (secondary N) is 1. The van der Waals surface area contributed by atoms with Crippen LogP contribution in [0.4, 0.5) is 0 Å². The number of carbonyl (C=O) groups is 1. The zero-order chi connectivity index (χ0) is 20.1. The summed E-state index contributed by atoms with van der Waals surface area (Å²) in [6.07, 6.45) is 0.114. The van der Waals surface area contributed by atoms with Crippen LogP contribution in [0.3, 0.4) is 0 Å². The summed E-state index contributed by atoms with van der Waals surface area (Å²) in [7, 11) is 0. The van der Waals surface area contributed by atoms with Crippen molar-refractivity contribution in [3.63, 3.8) is 0 Å². The Morgan fingerprint density at radius 2 is 1.62 bits per heavy atom. The molecule has 4 nitrogen and oxygen atoms in total. The van der Waals surface area contributed by atoms with E-state index in [1.54, 1.807) is 0 Å². The fraction of sp³-hybridized carbons (Fsp3) is 0.240. The van der Waals surface area contributed by atoms with Crippen LogP contribution in [0, 0.1) is 6.92 Å². The molecular formula is C25H26N2O2. The zero-order valence-corrected chi connectivity index (χ0v) is 16.7. The van der Waals surface area contributed by atoms with Crippen molar-refractivity contribution in [1.29, 1.82) is 0 Å². The van der Waals surface area contributed by atoms with Crippen molar-refractivity contribution >= 4 is 5.91 Å². The molecule has 4 heteroatoms. The molecular weight excluding hydrogens is 360 g/mol. The molecule has 0 aliphatic carbocycles. The molecule has 1 amide bonds. The van der Waals surface area contributed by atoms with Crippen molar-refractivity contribution in [2.24, 2.45) is 0 Å². The van der Waals surface area contributed by atoms with Gasteiger partial charge in [0.25, 0.3) is 5.91 Å². The molecule has 1 aliphatic rings. The van der Waals surface area contributed by atoms with Crippen LogP contribution in [0.1, 0.15) is 27.0 Å². The van der Waals surface area contributed by atoms with E-state index in [1.165, 1.54) is 11.1 Å². The largest absolute Gasteiger partial charge is 0.487 e. The van der Waals surface area contributed by atoms with Gasteiger partial charge in [-0.3, -0.25) is 9.69 Å². The summed E-state index contributed by atoms with van der Waals surface area (Å²) < 4.78 is 6.14. The van der Waals surface area contributed by atoms with Crippen LogP contribution in [-0.2, 0) is 13.1 Å². The van der Waals surface area contributed by atoms with Gasteiger partial charge in [0.1, 0.15) is 11.9 Å². The van der Waals surface area contributed by atoms with E-state index in [0.717, 1.165) is 25.2 Å². The minimum atomic E-state index is -0.111. The quantitative estimate of drug-likeness (QED) is 0.662. The Kier molecular flexibility index (Phi) is 5.92. The zero-order valence-electron chi connectivity index (χ0n) is 16.7. The molecule has 0 radical (unpaired) electrons. The highest BCUT2D eigenvalue weighted by Crippen LogP contribution is 2.24. The first-order valence-electron chi connectivity index (χ1n) is 10.0. The van der Waals surface area contributed by atoms with E-state index >= 15 is 0 Å². The summed E-state index contributed by atoms with van der Waals surface area (Å²) in [5.74, 6) is 0.540. The number of hydrogen-bond acceptors (Lipinski definition) is 3. The SMILES string of the molecule is Cc1ccc(CN2CC(Oc3ccccc3C(=O)NCc3ccccc3)C2)cc1. The van der Waals surface area contributed by atoms with Crippen molar-refractivity contribution in [1.82, 2.24) is 10.2 Å².